The average Bonchev–Trinajstić information content (AvgIpc) is 3.70. The van der Waals surface area contributed by atoms with Crippen molar-refractivity contribution in [2.24, 2.45) is 17.6 Å². The number of hydrogen-bond acceptors (Lipinski definition) is 3. The third kappa shape index (κ3) is 15.4. The summed E-state index contributed by atoms with van der Waals surface area (Å²) in [6.45, 7) is 28.7. The number of halogens is 1. The molecule has 0 spiro atoms. The summed E-state index contributed by atoms with van der Waals surface area (Å²) >= 11 is 0. The summed E-state index contributed by atoms with van der Waals surface area (Å²) in [6.07, 6.45) is 14.7. The van der Waals surface area contributed by atoms with E-state index in [1.807, 2.05) is 45.9 Å². The van der Waals surface area contributed by atoms with Gasteiger partial charge in [0.05, 0.1) is 0 Å². The normalized spacial score (nSPS) is 16.0. The highest BCUT2D eigenvalue weighted by Gasteiger charge is 2.27. The molecular weight excluding hydrogens is 521 g/mol. The summed E-state index contributed by atoms with van der Waals surface area (Å²) in [5.74, 6) is 1.61. The fourth-order valence-corrected chi connectivity index (χ4v) is 4.27. The van der Waals surface area contributed by atoms with E-state index in [-0.39, 0.29) is 5.78 Å². The van der Waals surface area contributed by atoms with Crippen LogP contribution in [0.4, 0.5) is 4.39 Å². The van der Waals surface area contributed by atoms with Crippen molar-refractivity contribution < 1.29 is 14.0 Å². The molecule has 2 N–H and O–H groups in total. The largest absolute Gasteiger partial charge is 0.333 e. The van der Waals surface area contributed by atoms with E-state index in [2.05, 4.69) is 51.8 Å². The van der Waals surface area contributed by atoms with Crippen molar-refractivity contribution >= 4 is 24.2 Å². The summed E-state index contributed by atoms with van der Waals surface area (Å²) in [4.78, 5) is 19.6. The van der Waals surface area contributed by atoms with Gasteiger partial charge in [-0.3, -0.25) is 4.79 Å². The molecule has 1 unspecified atom stereocenters. The predicted octanol–water partition coefficient (Wildman–Crippen LogP) is 10.2. The molecule has 1 aromatic carbocycles. The van der Waals surface area contributed by atoms with Crippen LogP contribution >= 0.6 is 0 Å². The van der Waals surface area contributed by atoms with Gasteiger partial charge in [-0.05, 0) is 159 Å². The van der Waals surface area contributed by atoms with E-state index in [9.17, 15) is 9.18 Å². The first-order valence-electron chi connectivity index (χ1n) is 15.2. The van der Waals surface area contributed by atoms with Gasteiger partial charge in [-0.25, -0.2) is 4.39 Å². The Bertz CT molecular complexity index is 1120. The molecule has 4 heteroatoms. The van der Waals surface area contributed by atoms with Gasteiger partial charge < -0.3 is 10.5 Å². The lowest BCUT2D eigenvalue weighted by Gasteiger charge is -2.13. The number of ketones is 1. The predicted molar refractivity (Wildman–Crippen MR) is 185 cm³/mol. The fourth-order valence-electron chi connectivity index (χ4n) is 4.27. The molecule has 0 amide bonds. The standard InChI is InChI=1S/C21H26.C9H14O.C5H11F.C2H4O.CH5N/c1-6-16-10-19-11-18(13(2)3)12-21(19)15(5)20(16)9-14(4)17-7-8-17;1-5-6-7(2)8(3)9(4)10;1-4-5(2,3)6;1-2-3;1-2/h6,9-10,17-18H,1-2,7-8,11-12H2,3-5H3;5-6H,1-4H3;4H2,1-3H3;2H,1H3;2H2,1H3/b14-9+;6-5-,8-7-;;;. The highest BCUT2D eigenvalue weighted by atomic mass is 19.1. The number of rotatable bonds is 7. The molecule has 3 rings (SSSR count). The second-order valence-electron chi connectivity index (χ2n) is 11.6. The van der Waals surface area contributed by atoms with Crippen LogP contribution in [-0.2, 0) is 22.4 Å². The molecule has 42 heavy (non-hydrogen) atoms. The topological polar surface area (TPSA) is 60.2 Å². The van der Waals surface area contributed by atoms with Gasteiger partial charge in [0.2, 0.25) is 0 Å². The number of allylic oxidation sites excluding steroid dienone is 6. The number of Topliss-reactive ketones (excluding diaryl/α,β-unsaturated/α-hetero) is 1. The number of alkyl halides is 1. The lowest BCUT2D eigenvalue weighted by atomic mass is 9.92. The average molecular weight is 582 g/mol. The molecule has 1 saturated carbocycles. The van der Waals surface area contributed by atoms with Crippen LogP contribution in [0.3, 0.4) is 0 Å². The van der Waals surface area contributed by atoms with E-state index in [4.69, 9.17) is 4.79 Å². The highest BCUT2D eigenvalue weighted by molar-refractivity contribution is 5.93. The van der Waals surface area contributed by atoms with Crippen molar-refractivity contribution in [2.75, 3.05) is 7.05 Å². The van der Waals surface area contributed by atoms with E-state index < -0.39 is 5.67 Å². The van der Waals surface area contributed by atoms with Crippen LogP contribution in [0.2, 0.25) is 0 Å². The number of aldehydes is 1. The molecule has 0 radical (unpaired) electrons. The van der Waals surface area contributed by atoms with Crippen LogP contribution in [-0.4, -0.2) is 24.8 Å². The minimum atomic E-state index is -0.958. The fraction of sp³-hybridized carbons (Fsp3) is 0.526. The van der Waals surface area contributed by atoms with Gasteiger partial charge >= 0.3 is 0 Å². The Hall–Kier alpha value is -2.85. The Morgan fingerprint density at radius 2 is 1.57 bits per heavy atom. The summed E-state index contributed by atoms with van der Waals surface area (Å²) in [6, 6.07) is 2.37. The molecule has 2 aliphatic carbocycles. The summed E-state index contributed by atoms with van der Waals surface area (Å²) in [5.41, 5.74) is 15.5. The van der Waals surface area contributed by atoms with Crippen LogP contribution in [0.25, 0.3) is 12.2 Å². The van der Waals surface area contributed by atoms with Gasteiger partial charge in [-0.1, -0.05) is 61.6 Å². The van der Waals surface area contributed by atoms with E-state index in [1.165, 1.54) is 60.2 Å². The minimum Gasteiger partial charge on any atom is -0.333 e. The highest BCUT2D eigenvalue weighted by Crippen LogP contribution is 2.40. The van der Waals surface area contributed by atoms with Crippen molar-refractivity contribution in [3.05, 3.63) is 81.5 Å². The number of carbonyl (C=O) groups excluding carboxylic acids is 2. The SMILES string of the molecule is C/C=C\C(C)=C(\C)C(C)=O.C=Cc1cc2c(c(C)c1/C=C(\C)C1CC1)CC(C(=C)C)C2.CC=O.CCC(C)(C)F.CN. The molecule has 3 nitrogen and oxygen atoms in total. The first-order valence-corrected chi connectivity index (χ1v) is 15.2. The van der Waals surface area contributed by atoms with Crippen LogP contribution in [0.1, 0.15) is 116 Å². The molecule has 0 heterocycles. The second-order valence-corrected chi connectivity index (χ2v) is 11.6. The third-order valence-corrected chi connectivity index (χ3v) is 7.69. The molecule has 236 valence electrons. The van der Waals surface area contributed by atoms with Gasteiger partial charge in [0.1, 0.15) is 12.0 Å². The quantitative estimate of drug-likeness (QED) is 0.151. The number of benzene rings is 1. The smallest absolute Gasteiger partial charge is 0.155 e. The molecule has 0 saturated heterocycles. The van der Waals surface area contributed by atoms with Crippen molar-refractivity contribution in [3.8, 4) is 0 Å². The molecule has 1 fully saturated rings. The molecule has 0 aromatic heterocycles. The Balaban J connectivity index is 0. The van der Waals surface area contributed by atoms with Crippen molar-refractivity contribution in [3.63, 3.8) is 0 Å². The number of hydrogen-bond donors (Lipinski definition) is 1. The van der Waals surface area contributed by atoms with E-state index in [0.29, 0.717) is 12.3 Å². The van der Waals surface area contributed by atoms with E-state index in [1.54, 1.807) is 26.3 Å². The Morgan fingerprint density at radius 3 is 1.93 bits per heavy atom. The van der Waals surface area contributed by atoms with Crippen LogP contribution in [0, 0.1) is 18.8 Å². The van der Waals surface area contributed by atoms with Crippen molar-refractivity contribution in [1.29, 1.82) is 0 Å². The van der Waals surface area contributed by atoms with E-state index in [0.717, 1.165) is 36.2 Å². The number of fused-ring (bicyclic) bond motifs is 1. The zero-order chi connectivity index (χ0) is 33.2. The minimum absolute atomic E-state index is 0.149. The second kappa shape index (κ2) is 20.9. The van der Waals surface area contributed by atoms with E-state index >= 15 is 0 Å². The third-order valence-electron chi connectivity index (χ3n) is 7.69. The van der Waals surface area contributed by atoms with Gasteiger partial charge in [-0.2, -0.15) is 0 Å². The molecule has 1 atom stereocenters. The monoisotopic (exact) mass is 581 g/mol. The van der Waals surface area contributed by atoms with Crippen LogP contribution < -0.4 is 5.73 Å². The summed E-state index contributed by atoms with van der Waals surface area (Å²) in [5, 5.41) is 0. The maximum absolute atomic E-state index is 12.1. The summed E-state index contributed by atoms with van der Waals surface area (Å²) < 4.78 is 12.1. The zero-order valence-corrected chi connectivity index (χ0v) is 28.8. The first-order chi connectivity index (χ1) is 19.6. The lowest BCUT2D eigenvalue weighted by Crippen LogP contribution is -2.07. The van der Waals surface area contributed by atoms with Crippen LogP contribution in [0.15, 0.2) is 53.7 Å². The Morgan fingerprint density at radius 1 is 1.07 bits per heavy atom. The Labute approximate surface area is 258 Å². The molecule has 0 aliphatic heterocycles. The van der Waals surface area contributed by atoms with Gasteiger partial charge in [0.25, 0.3) is 0 Å². The van der Waals surface area contributed by atoms with Gasteiger partial charge in [0.15, 0.2) is 5.78 Å². The van der Waals surface area contributed by atoms with Gasteiger partial charge in [0, 0.05) is 0 Å². The molecular formula is C38H60FNO2. The molecule has 2 aliphatic rings. The van der Waals surface area contributed by atoms with Crippen molar-refractivity contribution in [1.82, 2.24) is 0 Å². The number of nitrogens with two attached hydrogens (primary N) is 1. The molecule has 1 aromatic rings. The zero-order valence-electron chi connectivity index (χ0n) is 28.8. The molecule has 0 bridgehead atoms. The van der Waals surface area contributed by atoms with Gasteiger partial charge in [-0.15, -0.1) is 0 Å². The van der Waals surface area contributed by atoms with Crippen LogP contribution in [0.5, 0.6) is 0 Å². The first kappa shape index (κ1) is 41.3. The summed E-state index contributed by atoms with van der Waals surface area (Å²) in [7, 11) is 1.50. The maximum Gasteiger partial charge on any atom is 0.155 e. The number of carbonyl (C=O) groups is 2. The Kier molecular flexibility index (Phi) is 20.6. The lowest BCUT2D eigenvalue weighted by molar-refractivity contribution is -0.113. The maximum atomic E-state index is 12.1. The van der Waals surface area contributed by atoms with Crippen molar-refractivity contribution in [2.45, 2.75) is 114 Å².